The minimum Gasteiger partial charge on any atom is -0.550 e. The number of rotatable bonds is 5. The summed E-state index contributed by atoms with van der Waals surface area (Å²) in [5.41, 5.74) is -2.97. The number of hydrogen-bond acceptors (Lipinski definition) is 7. The average Bonchev–Trinajstić information content (AvgIpc) is 1.82. The summed E-state index contributed by atoms with van der Waals surface area (Å²) in [6.07, 6.45) is -2.72. The van der Waals surface area contributed by atoms with Gasteiger partial charge in [0.05, 0.1) is 5.97 Å². The minimum atomic E-state index is -2.97. The number of carboxylic acid groups (broad SMARTS) is 3. The number of aliphatic carboxylic acids is 3. The summed E-state index contributed by atoms with van der Waals surface area (Å²) >= 11 is 0. The number of aliphatic hydroxyl groups is 1. The van der Waals surface area contributed by atoms with Crippen molar-refractivity contribution in [3.63, 3.8) is 0 Å². The number of carboxylic acids is 3. The molecule has 0 bridgehead atoms. The fourth-order valence-electron chi connectivity index (χ4n) is 0.684. The van der Waals surface area contributed by atoms with Gasteiger partial charge in [0.15, 0.2) is 0 Å². The molecule has 0 aliphatic heterocycles. The Bertz CT molecular complexity index is 236. The Kier molecular flexibility index (Phi) is 10.1. The maximum atomic E-state index is 10.1. The minimum absolute atomic E-state index is 0. The Morgan fingerprint density at radius 3 is 1.33 bits per heavy atom. The molecule has 15 heavy (non-hydrogen) atoms. The third-order valence-corrected chi connectivity index (χ3v) is 1.25. The van der Waals surface area contributed by atoms with Gasteiger partial charge in [0.1, 0.15) is 5.60 Å². The number of carbonyl (C=O) groups is 3. The molecule has 0 aromatic heterocycles. The summed E-state index contributed by atoms with van der Waals surface area (Å²) in [4.78, 5) is 30.0. The van der Waals surface area contributed by atoms with Crippen LogP contribution in [0.25, 0.3) is 0 Å². The van der Waals surface area contributed by atoms with Crippen molar-refractivity contribution in [2.75, 3.05) is 0 Å². The molecule has 0 aliphatic rings. The molecule has 0 fully saturated rings. The van der Waals surface area contributed by atoms with E-state index in [0.717, 1.165) is 0 Å². The van der Waals surface area contributed by atoms with Crippen LogP contribution >= 0.6 is 0 Å². The van der Waals surface area contributed by atoms with Gasteiger partial charge in [-0.15, -0.1) is 0 Å². The van der Waals surface area contributed by atoms with E-state index in [1.807, 2.05) is 0 Å². The second kappa shape index (κ2) is 7.65. The largest absolute Gasteiger partial charge is 2.00 e. The van der Waals surface area contributed by atoms with E-state index in [2.05, 4.69) is 0 Å². The molecule has 0 aromatic carbocycles. The van der Waals surface area contributed by atoms with Crippen molar-refractivity contribution in [3.05, 3.63) is 0 Å². The van der Waals surface area contributed by atoms with Crippen LogP contribution in [0.2, 0.25) is 0 Å². The second-order valence-corrected chi connectivity index (χ2v) is 2.42. The van der Waals surface area contributed by atoms with E-state index in [9.17, 15) is 29.7 Å². The molecule has 0 unspecified atom stereocenters. The third kappa shape index (κ3) is 7.33. The fourth-order valence-corrected chi connectivity index (χ4v) is 0.684. The standard InChI is InChI=1S/C6H8O7.2Co/c7-3(8)1-6(13,5(11)12)2-4(9)10;;/h13H,1-2H2,(H,7,8)(H,9,10)(H,11,12);;/q;2*+2/p-3. The summed E-state index contributed by atoms with van der Waals surface area (Å²) in [5.74, 6) is -5.98. The van der Waals surface area contributed by atoms with Crippen LogP contribution in [0.1, 0.15) is 12.8 Å². The first-order valence-electron chi connectivity index (χ1n) is 3.11. The summed E-state index contributed by atoms with van der Waals surface area (Å²) in [5, 5.41) is 38.9. The molecule has 0 amide bonds. The monoisotopic (exact) mass is 307 g/mol. The molecule has 0 rings (SSSR count). The normalized spacial score (nSPS) is 9.40. The van der Waals surface area contributed by atoms with Crippen molar-refractivity contribution in [2.45, 2.75) is 18.4 Å². The Morgan fingerprint density at radius 2 is 1.20 bits per heavy atom. The summed E-state index contributed by atoms with van der Waals surface area (Å²) in [6, 6.07) is 0. The van der Waals surface area contributed by atoms with Gasteiger partial charge in [0.2, 0.25) is 0 Å². The van der Waals surface area contributed by atoms with Crippen LogP contribution in [0.4, 0.5) is 0 Å². The Morgan fingerprint density at radius 1 is 0.933 bits per heavy atom. The van der Waals surface area contributed by atoms with Crippen molar-refractivity contribution in [2.24, 2.45) is 0 Å². The van der Waals surface area contributed by atoms with Gasteiger partial charge in [-0.1, -0.05) is 0 Å². The zero-order valence-electron chi connectivity index (χ0n) is 6.98. The molecule has 0 saturated heterocycles. The third-order valence-electron chi connectivity index (χ3n) is 1.25. The number of hydrogen-bond donors (Lipinski definition) is 1. The van der Waals surface area contributed by atoms with E-state index < -0.39 is 36.4 Å². The molecule has 2 radical (unpaired) electrons. The number of carbonyl (C=O) groups excluding carboxylic acids is 3. The maximum Gasteiger partial charge on any atom is 2.00 e. The smallest absolute Gasteiger partial charge is 0.550 e. The quantitative estimate of drug-likeness (QED) is 0.535. The van der Waals surface area contributed by atoms with Crippen LogP contribution in [0.5, 0.6) is 0 Å². The van der Waals surface area contributed by atoms with Crippen molar-refractivity contribution in [1.82, 2.24) is 0 Å². The van der Waals surface area contributed by atoms with E-state index in [4.69, 9.17) is 5.11 Å². The topological polar surface area (TPSA) is 141 Å². The molecule has 0 spiro atoms. The summed E-state index contributed by atoms with van der Waals surface area (Å²) in [7, 11) is 0. The maximum absolute atomic E-state index is 10.1. The van der Waals surface area contributed by atoms with E-state index in [1.54, 1.807) is 0 Å². The first-order chi connectivity index (χ1) is 5.78. The Balaban J connectivity index is -0.000000720. The van der Waals surface area contributed by atoms with E-state index in [0.29, 0.717) is 0 Å². The molecule has 1 N–H and O–H groups in total. The summed E-state index contributed by atoms with van der Waals surface area (Å²) < 4.78 is 0. The average molecular weight is 307 g/mol. The van der Waals surface area contributed by atoms with Gasteiger partial charge in [-0.2, -0.15) is 0 Å². The molecule has 0 saturated carbocycles. The molecule has 0 aromatic rings. The van der Waals surface area contributed by atoms with Crippen LogP contribution in [-0.4, -0.2) is 28.6 Å². The van der Waals surface area contributed by atoms with Crippen molar-refractivity contribution >= 4 is 17.9 Å². The van der Waals surface area contributed by atoms with Crippen LogP contribution in [0.15, 0.2) is 0 Å². The van der Waals surface area contributed by atoms with Crippen molar-refractivity contribution in [3.8, 4) is 0 Å². The molecule has 0 atom stereocenters. The molecule has 9 heteroatoms. The van der Waals surface area contributed by atoms with Gasteiger partial charge in [-0.3, -0.25) is 0 Å². The van der Waals surface area contributed by atoms with E-state index >= 15 is 0 Å². The first kappa shape index (κ1) is 19.9. The zero-order chi connectivity index (χ0) is 10.6. The summed E-state index contributed by atoms with van der Waals surface area (Å²) in [6.45, 7) is 0. The molecular formula is C6H5Co2O7+. The Hall–Kier alpha value is -0.617. The van der Waals surface area contributed by atoms with Crippen LogP contribution < -0.4 is 15.3 Å². The van der Waals surface area contributed by atoms with E-state index in [1.165, 1.54) is 0 Å². The molecular weight excluding hydrogens is 302 g/mol. The van der Waals surface area contributed by atoms with Gasteiger partial charge in [0.25, 0.3) is 0 Å². The molecule has 88 valence electrons. The second-order valence-electron chi connectivity index (χ2n) is 2.42. The Labute approximate surface area is 105 Å². The van der Waals surface area contributed by atoms with Crippen LogP contribution in [-0.2, 0) is 47.9 Å². The van der Waals surface area contributed by atoms with Crippen LogP contribution in [0.3, 0.4) is 0 Å². The van der Waals surface area contributed by atoms with Gasteiger partial charge < -0.3 is 34.8 Å². The molecule has 0 aliphatic carbocycles. The van der Waals surface area contributed by atoms with Crippen molar-refractivity contribution < 1.29 is 68.4 Å². The van der Waals surface area contributed by atoms with Crippen molar-refractivity contribution in [1.29, 1.82) is 0 Å². The molecule has 0 heterocycles. The van der Waals surface area contributed by atoms with Crippen LogP contribution in [0, 0.1) is 0 Å². The van der Waals surface area contributed by atoms with Gasteiger partial charge >= 0.3 is 33.6 Å². The predicted octanol–water partition coefficient (Wildman–Crippen LogP) is -5.26. The predicted molar refractivity (Wildman–Crippen MR) is 29.2 cm³/mol. The van der Waals surface area contributed by atoms with Gasteiger partial charge in [-0.05, 0) is 0 Å². The van der Waals surface area contributed by atoms with E-state index in [-0.39, 0.29) is 33.6 Å². The van der Waals surface area contributed by atoms with Gasteiger partial charge in [-0.25, -0.2) is 0 Å². The fraction of sp³-hybridized carbons (Fsp3) is 0.500. The first-order valence-corrected chi connectivity index (χ1v) is 3.11. The molecule has 7 nitrogen and oxygen atoms in total. The SMILES string of the molecule is O=C([O-])CC(O)(CC(=O)[O-])C(=O)[O-].[Co+2].[Co+2]. The van der Waals surface area contributed by atoms with Gasteiger partial charge in [0, 0.05) is 24.8 Å². The zero-order valence-corrected chi connectivity index (χ0v) is 9.06.